The van der Waals surface area contributed by atoms with Gasteiger partial charge in [-0.1, -0.05) is 18.2 Å². The van der Waals surface area contributed by atoms with Crippen molar-refractivity contribution in [3.05, 3.63) is 29.8 Å². The van der Waals surface area contributed by atoms with Crippen molar-refractivity contribution in [1.82, 2.24) is 10.2 Å². The Hall–Kier alpha value is -1.57. The number of nitrogens with zero attached hydrogens (tertiary/aromatic N) is 2. The maximum absolute atomic E-state index is 8.93. The van der Waals surface area contributed by atoms with Crippen LogP contribution in [0.5, 0.6) is 5.75 Å². The summed E-state index contributed by atoms with van der Waals surface area (Å²) >= 11 is 0. The Kier molecular flexibility index (Phi) is 7.06. The first-order valence-electron chi connectivity index (χ1n) is 7.01. The second kappa shape index (κ2) is 8.57. The Morgan fingerprint density at radius 2 is 2.10 bits per heavy atom. The predicted molar refractivity (Wildman–Crippen MR) is 81.9 cm³/mol. The van der Waals surface area contributed by atoms with E-state index in [-0.39, 0.29) is 6.04 Å². The summed E-state index contributed by atoms with van der Waals surface area (Å²) in [6, 6.07) is 10.7. The number of rotatable bonds is 8. The summed E-state index contributed by atoms with van der Waals surface area (Å²) in [7, 11) is 5.63. The molecule has 0 bridgehead atoms. The van der Waals surface area contributed by atoms with Crippen molar-refractivity contribution in [3.8, 4) is 11.8 Å². The molecular weight excluding hydrogens is 250 g/mol. The lowest BCUT2D eigenvalue weighted by atomic mass is 10.0. The number of nitrogens with one attached hydrogen (secondary N) is 1. The van der Waals surface area contributed by atoms with E-state index in [4.69, 9.17) is 10.00 Å². The van der Waals surface area contributed by atoms with Gasteiger partial charge in [-0.2, -0.15) is 5.26 Å². The Morgan fingerprint density at radius 3 is 2.70 bits per heavy atom. The van der Waals surface area contributed by atoms with Crippen LogP contribution in [0.15, 0.2) is 24.3 Å². The summed E-state index contributed by atoms with van der Waals surface area (Å²) in [6.45, 7) is 3.10. The van der Waals surface area contributed by atoms with E-state index in [0.717, 1.165) is 25.1 Å². The first-order valence-corrected chi connectivity index (χ1v) is 7.01. The van der Waals surface area contributed by atoms with Gasteiger partial charge < -0.3 is 15.0 Å². The summed E-state index contributed by atoms with van der Waals surface area (Å²) < 4.78 is 5.39. The molecule has 0 aliphatic rings. The van der Waals surface area contributed by atoms with E-state index >= 15 is 0 Å². The van der Waals surface area contributed by atoms with E-state index in [9.17, 15) is 0 Å². The van der Waals surface area contributed by atoms with E-state index < -0.39 is 0 Å². The largest absolute Gasteiger partial charge is 0.496 e. The zero-order chi connectivity index (χ0) is 15.0. The Balaban J connectivity index is 2.53. The number of likely N-dealkylation sites (N-methyl/N-ethyl adjacent to an activating group) is 1. The predicted octanol–water partition coefficient (Wildman–Crippen LogP) is 2.06. The lowest BCUT2D eigenvalue weighted by molar-refractivity contribution is 0.246. The number of para-hydroxylation sites is 1. The van der Waals surface area contributed by atoms with Gasteiger partial charge in [-0.25, -0.2) is 0 Å². The third kappa shape index (κ3) is 4.84. The normalized spacial score (nSPS) is 13.8. The van der Waals surface area contributed by atoms with Crippen molar-refractivity contribution in [3.63, 3.8) is 0 Å². The standard InChI is InChI=1S/C16H25N3O/c1-13(19(3)10-9-15(12-17)18-2)11-14-7-5-6-8-16(14)20-4/h5-8,13,15,18H,9-11H2,1-4H3. The first kappa shape index (κ1) is 16.5. The minimum Gasteiger partial charge on any atom is -0.496 e. The van der Waals surface area contributed by atoms with Gasteiger partial charge in [-0.3, -0.25) is 0 Å². The van der Waals surface area contributed by atoms with Gasteiger partial charge in [0.05, 0.1) is 19.2 Å². The van der Waals surface area contributed by atoms with Crippen LogP contribution in [-0.2, 0) is 6.42 Å². The highest BCUT2D eigenvalue weighted by Crippen LogP contribution is 2.20. The van der Waals surface area contributed by atoms with Crippen molar-refractivity contribution in [2.24, 2.45) is 0 Å². The second-order valence-corrected chi connectivity index (χ2v) is 5.10. The van der Waals surface area contributed by atoms with Gasteiger partial charge in [0.1, 0.15) is 5.75 Å². The molecule has 0 saturated heterocycles. The van der Waals surface area contributed by atoms with Crippen molar-refractivity contribution < 1.29 is 4.74 Å². The van der Waals surface area contributed by atoms with Gasteiger partial charge >= 0.3 is 0 Å². The van der Waals surface area contributed by atoms with Crippen LogP contribution in [-0.4, -0.2) is 44.7 Å². The first-order chi connectivity index (χ1) is 9.62. The van der Waals surface area contributed by atoms with Crippen LogP contribution in [0, 0.1) is 11.3 Å². The van der Waals surface area contributed by atoms with Crippen molar-refractivity contribution in [1.29, 1.82) is 5.26 Å². The molecule has 0 saturated carbocycles. The molecule has 2 atom stereocenters. The summed E-state index contributed by atoms with van der Waals surface area (Å²) in [6.07, 6.45) is 1.77. The molecule has 0 aliphatic carbocycles. The second-order valence-electron chi connectivity index (χ2n) is 5.10. The quantitative estimate of drug-likeness (QED) is 0.789. The van der Waals surface area contributed by atoms with E-state index in [1.165, 1.54) is 5.56 Å². The topological polar surface area (TPSA) is 48.3 Å². The van der Waals surface area contributed by atoms with Crippen molar-refractivity contribution in [2.75, 3.05) is 27.7 Å². The lowest BCUT2D eigenvalue weighted by Crippen LogP contribution is -2.35. The zero-order valence-electron chi connectivity index (χ0n) is 12.9. The number of hydrogen-bond donors (Lipinski definition) is 1. The molecule has 1 aromatic carbocycles. The fourth-order valence-corrected chi connectivity index (χ4v) is 2.17. The highest BCUT2D eigenvalue weighted by atomic mass is 16.5. The minimum atomic E-state index is -0.0732. The molecule has 0 spiro atoms. The van der Waals surface area contributed by atoms with Gasteiger partial charge in [0.2, 0.25) is 0 Å². The molecule has 0 radical (unpaired) electrons. The molecule has 1 rings (SSSR count). The highest BCUT2D eigenvalue weighted by molar-refractivity contribution is 5.33. The number of methoxy groups -OCH3 is 1. The molecule has 0 fully saturated rings. The Labute approximate surface area is 122 Å². The molecule has 1 N–H and O–H groups in total. The van der Waals surface area contributed by atoms with Crippen molar-refractivity contribution in [2.45, 2.75) is 31.8 Å². The summed E-state index contributed by atoms with van der Waals surface area (Å²) in [4.78, 5) is 2.29. The van der Waals surface area contributed by atoms with Crippen molar-refractivity contribution >= 4 is 0 Å². The van der Waals surface area contributed by atoms with Gasteiger partial charge in [0.25, 0.3) is 0 Å². The van der Waals surface area contributed by atoms with Crippen LogP contribution in [0.4, 0.5) is 0 Å². The molecule has 20 heavy (non-hydrogen) atoms. The molecule has 0 aliphatic heterocycles. The average Bonchev–Trinajstić information content (AvgIpc) is 2.48. The van der Waals surface area contributed by atoms with E-state index in [2.05, 4.69) is 36.3 Å². The monoisotopic (exact) mass is 275 g/mol. The number of hydrogen-bond acceptors (Lipinski definition) is 4. The van der Waals surface area contributed by atoms with Crippen LogP contribution in [0.2, 0.25) is 0 Å². The Morgan fingerprint density at radius 1 is 1.40 bits per heavy atom. The molecule has 1 aromatic rings. The molecule has 0 amide bonds. The molecule has 4 heteroatoms. The summed E-state index contributed by atoms with van der Waals surface area (Å²) in [5.74, 6) is 0.942. The third-order valence-corrected chi connectivity index (χ3v) is 3.74. The minimum absolute atomic E-state index is 0.0732. The van der Waals surface area contributed by atoms with E-state index in [1.54, 1.807) is 7.11 Å². The number of nitriles is 1. The van der Waals surface area contributed by atoms with E-state index in [0.29, 0.717) is 6.04 Å². The fourth-order valence-electron chi connectivity index (χ4n) is 2.17. The summed E-state index contributed by atoms with van der Waals surface area (Å²) in [5, 5.41) is 11.9. The van der Waals surface area contributed by atoms with Gasteiger partial charge in [0.15, 0.2) is 0 Å². The number of ether oxygens (including phenoxy) is 1. The van der Waals surface area contributed by atoms with Gasteiger partial charge in [-0.05, 0) is 45.5 Å². The molecular formula is C16H25N3O. The molecule has 2 unspecified atom stereocenters. The summed E-state index contributed by atoms with van der Waals surface area (Å²) in [5.41, 5.74) is 1.22. The average molecular weight is 275 g/mol. The van der Waals surface area contributed by atoms with Crippen LogP contribution in [0.3, 0.4) is 0 Å². The SMILES string of the molecule is CNC(C#N)CCN(C)C(C)Cc1ccccc1OC. The maximum Gasteiger partial charge on any atom is 0.122 e. The lowest BCUT2D eigenvalue weighted by Gasteiger charge is -2.26. The zero-order valence-corrected chi connectivity index (χ0v) is 12.9. The fraction of sp³-hybridized carbons (Fsp3) is 0.562. The van der Waals surface area contributed by atoms with Crippen LogP contribution < -0.4 is 10.1 Å². The van der Waals surface area contributed by atoms with Gasteiger partial charge in [-0.15, -0.1) is 0 Å². The maximum atomic E-state index is 8.93. The number of benzene rings is 1. The van der Waals surface area contributed by atoms with Gasteiger partial charge in [0, 0.05) is 12.6 Å². The molecule has 110 valence electrons. The Bertz CT molecular complexity index is 442. The van der Waals surface area contributed by atoms with Crippen LogP contribution in [0.1, 0.15) is 18.9 Å². The molecule has 0 heterocycles. The van der Waals surface area contributed by atoms with Crippen LogP contribution >= 0.6 is 0 Å². The van der Waals surface area contributed by atoms with Crippen LogP contribution in [0.25, 0.3) is 0 Å². The highest BCUT2D eigenvalue weighted by Gasteiger charge is 2.14. The van der Waals surface area contributed by atoms with E-state index in [1.807, 2.05) is 25.2 Å². The molecule has 4 nitrogen and oxygen atoms in total. The smallest absolute Gasteiger partial charge is 0.122 e. The molecule has 0 aromatic heterocycles. The third-order valence-electron chi connectivity index (χ3n) is 3.74.